The molecule has 0 aliphatic heterocycles. The maximum Gasteiger partial charge on any atom is 0.234 e. The number of fused-ring (bicyclic) bond motifs is 1. The molecule has 0 aliphatic rings. The normalized spacial score (nSPS) is 11.4. The highest BCUT2D eigenvalue weighted by atomic mass is 19.1. The number of halogens is 1. The SMILES string of the molecule is [C-]#[N+]C(C)(C)CC(=O)c1cc(-c2cc3c(C(=O)CC)c(-c4ccc(F)cc4)oc3cc2OCC)ccc1C. The molecule has 0 bridgehead atoms. The van der Waals surface area contributed by atoms with Gasteiger partial charge in [0.15, 0.2) is 11.6 Å². The molecule has 0 fully saturated rings. The molecular formula is C32H30FNO4. The average Bonchev–Trinajstić information content (AvgIpc) is 3.26. The summed E-state index contributed by atoms with van der Waals surface area (Å²) in [6.07, 6.45) is 0.376. The highest BCUT2D eigenvalue weighted by Crippen LogP contribution is 2.41. The van der Waals surface area contributed by atoms with Crippen LogP contribution in [-0.4, -0.2) is 23.7 Å². The van der Waals surface area contributed by atoms with Crippen molar-refractivity contribution in [3.63, 3.8) is 0 Å². The smallest absolute Gasteiger partial charge is 0.234 e. The number of furan rings is 1. The second kappa shape index (κ2) is 10.6. The van der Waals surface area contributed by atoms with Gasteiger partial charge in [0, 0.05) is 48.4 Å². The van der Waals surface area contributed by atoms with Gasteiger partial charge >= 0.3 is 0 Å². The van der Waals surface area contributed by atoms with Crippen LogP contribution >= 0.6 is 0 Å². The number of hydrogen-bond donors (Lipinski definition) is 0. The molecule has 4 aromatic rings. The van der Waals surface area contributed by atoms with E-state index in [-0.39, 0.29) is 30.2 Å². The van der Waals surface area contributed by atoms with Gasteiger partial charge in [-0.15, -0.1) is 0 Å². The van der Waals surface area contributed by atoms with Crippen molar-refractivity contribution in [3.05, 3.63) is 88.5 Å². The van der Waals surface area contributed by atoms with E-state index >= 15 is 0 Å². The quantitative estimate of drug-likeness (QED) is 0.167. The van der Waals surface area contributed by atoms with E-state index in [0.29, 0.717) is 45.8 Å². The van der Waals surface area contributed by atoms with Crippen LogP contribution in [0.1, 0.15) is 66.8 Å². The van der Waals surface area contributed by atoms with Gasteiger partial charge in [-0.3, -0.25) is 9.59 Å². The number of nitrogens with zero attached hydrogens (tertiary/aromatic N) is 1. The van der Waals surface area contributed by atoms with E-state index in [1.54, 1.807) is 39.0 Å². The first kappa shape index (κ1) is 26.8. The Morgan fingerprint density at radius 3 is 2.32 bits per heavy atom. The van der Waals surface area contributed by atoms with Gasteiger partial charge in [0.1, 0.15) is 22.9 Å². The highest BCUT2D eigenvalue weighted by Gasteiger charge is 2.29. The molecule has 1 heterocycles. The lowest BCUT2D eigenvalue weighted by Gasteiger charge is -2.15. The number of Topliss-reactive ketones (excluding diaryl/α,β-unsaturated/α-hetero) is 2. The molecule has 194 valence electrons. The van der Waals surface area contributed by atoms with Gasteiger partial charge in [0.2, 0.25) is 5.54 Å². The predicted octanol–water partition coefficient (Wildman–Crippen LogP) is 8.48. The van der Waals surface area contributed by atoms with Gasteiger partial charge in [-0.1, -0.05) is 19.1 Å². The lowest BCUT2D eigenvalue weighted by atomic mass is 9.90. The fourth-order valence-electron chi connectivity index (χ4n) is 4.50. The van der Waals surface area contributed by atoms with E-state index in [0.717, 1.165) is 16.7 Å². The number of rotatable bonds is 9. The molecule has 0 radical (unpaired) electrons. The van der Waals surface area contributed by atoms with Crippen LogP contribution in [0.2, 0.25) is 0 Å². The predicted molar refractivity (Wildman–Crippen MR) is 147 cm³/mol. The Labute approximate surface area is 222 Å². The van der Waals surface area contributed by atoms with Gasteiger partial charge in [0.05, 0.1) is 18.6 Å². The molecular weight excluding hydrogens is 481 g/mol. The molecule has 0 amide bonds. The van der Waals surface area contributed by atoms with Gasteiger partial charge < -0.3 is 14.0 Å². The second-order valence-corrected chi connectivity index (χ2v) is 9.92. The Balaban J connectivity index is 1.93. The summed E-state index contributed by atoms with van der Waals surface area (Å²) >= 11 is 0. The van der Waals surface area contributed by atoms with Crippen LogP contribution in [0.25, 0.3) is 38.3 Å². The third-order valence-electron chi connectivity index (χ3n) is 6.54. The molecule has 0 aliphatic carbocycles. The molecule has 4 rings (SSSR count). The van der Waals surface area contributed by atoms with Gasteiger partial charge in [-0.25, -0.2) is 11.0 Å². The summed E-state index contributed by atoms with van der Waals surface area (Å²) in [6.45, 7) is 16.8. The third kappa shape index (κ3) is 5.24. The molecule has 0 spiro atoms. The van der Waals surface area contributed by atoms with E-state index in [2.05, 4.69) is 4.85 Å². The van der Waals surface area contributed by atoms with Crippen LogP contribution in [0.4, 0.5) is 4.39 Å². The van der Waals surface area contributed by atoms with Crippen molar-refractivity contribution in [1.82, 2.24) is 0 Å². The van der Waals surface area contributed by atoms with Crippen LogP contribution in [0.15, 0.2) is 59.0 Å². The zero-order valence-corrected chi connectivity index (χ0v) is 22.3. The van der Waals surface area contributed by atoms with Gasteiger partial charge in [-0.2, -0.15) is 0 Å². The summed E-state index contributed by atoms with van der Waals surface area (Å²) in [5, 5.41) is 0.622. The zero-order chi connectivity index (χ0) is 27.6. The largest absolute Gasteiger partial charge is 0.493 e. The van der Waals surface area contributed by atoms with E-state index in [1.165, 1.54) is 12.1 Å². The van der Waals surface area contributed by atoms with Crippen molar-refractivity contribution in [2.75, 3.05) is 6.61 Å². The maximum atomic E-state index is 13.6. The molecule has 0 N–H and O–H groups in total. The standard InChI is InChI=1S/C32H30FNO4/c1-7-26(35)30-25-16-24(21-10-9-19(3)23(15-21)27(36)18-32(4,5)34-6)28(37-8-2)17-29(25)38-31(30)20-11-13-22(33)14-12-20/h9-17H,7-8,18H2,1-5H3. The molecule has 1 aromatic heterocycles. The summed E-state index contributed by atoms with van der Waals surface area (Å²) in [5.74, 6) is 0.359. The van der Waals surface area contributed by atoms with Crippen molar-refractivity contribution in [2.24, 2.45) is 0 Å². The summed E-state index contributed by atoms with van der Waals surface area (Å²) in [6, 6.07) is 15.1. The van der Waals surface area contributed by atoms with Crippen LogP contribution in [0.5, 0.6) is 5.75 Å². The minimum atomic E-state index is -0.794. The minimum absolute atomic E-state index is 0.0978. The Kier molecular flexibility index (Phi) is 7.50. The molecule has 6 heteroatoms. The average molecular weight is 512 g/mol. The Bertz CT molecular complexity index is 1570. The lowest BCUT2D eigenvalue weighted by Crippen LogP contribution is -2.20. The van der Waals surface area contributed by atoms with Crippen molar-refractivity contribution in [2.45, 2.75) is 53.0 Å². The molecule has 0 unspecified atom stereocenters. The lowest BCUT2D eigenvalue weighted by molar-refractivity contribution is 0.0964. The van der Waals surface area contributed by atoms with E-state index in [4.69, 9.17) is 15.7 Å². The number of carbonyl (C=O) groups excluding carboxylic acids is 2. The van der Waals surface area contributed by atoms with Crippen LogP contribution in [-0.2, 0) is 0 Å². The van der Waals surface area contributed by atoms with Crippen molar-refractivity contribution in [3.8, 4) is 28.2 Å². The first-order valence-electron chi connectivity index (χ1n) is 12.6. The zero-order valence-electron chi connectivity index (χ0n) is 22.3. The fraction of sp³-hybridized carbons (Fsp3) is 0.281. The second-order valence-electron chi connectivity index (χ2n) is 9.92. The number of ether oxygens (including phenoxy) is 1. The number of benzene rings is 3. The summed E-state index contributed by atoms with van der Waals surface area (Å²) in [5.41, 5.74) is 3.56. The molecule has 0 saturated heterocycles. The summed E-state index contributed by atoms with van der Waals surface area (Å²) in [4.78, 5) is 29.9. The first-order valence-corrected chi connectivity index (χ1v) is 12.6. The molecule has 38 heavy (non-hydrogen) atoms. The Morgan fingerprint density at radius 1 is 1.00 bits per heavy atom. The third-order valence-corrected chi connectivity index (χ3v) is 6.54. The van der Waals surface area contributed by atoms with E-state index in [9.17, 15) is 14.0 Å². The Hall–Kier alpha value is -4.24. The number of hydrogen-bond acceptors (Lipinski definition) is 4. The molecule has 3 aromatic carbocycles. The number of ketones is 2. The molecule has 0 atom stereocenters. The maximum absolute atomic E-state index is 13.6. The van der Waals surface area contributed by atoms with Crippen molar-refractivity contribution in [1.29, 1.82) is 0 Å². The van der Waals surface area contributed by atoms with Crippen LogP contribution < -0.4 is 4.74 Å². The summed E-state index contributed by atoms with van der Waals surface area (Å²) in [7, 11) is 0. The molecule has 5 nitrogen and oxygen atoms in total. The Morgan fingerprint density at radius 2 is 1.68 bits per heavy atom. The van der Waals surface area contributed by atoms with Gasteiger partial charge in [-0.05, 0) is 61.4 Å². The fourth-order valence-corrected chi connectivity index (χ4v) is 4.50. The minimum Gasteiger partial charge on any atom is -0.493 e. The highest BCUT2D eigenvalue weighted by molar-refractivity contribution is 6.13. The van der Waals surface area contributed by atoms with E-state index in [1.807, 2.05) is 38.1 Å². The summed E-state index contributed by atoms with van der Waals surface area (Å²) < 4.78 is 25.7. The molecule has 0 saturated carbocycles. The monoisotopic (exact) mass is 511 g/mol. The van der Waals surface area contributed by atoms with E-state index < -0.39 is 5.54 Å². The number of aryl methyl sites for hydroxylation is 1. The van der Waals surface area contributed by atoms with Crippen molar-refractivity contribution < 1.29 is 23.1 Å². The van der Waals surface area contributed by atoms with Crippen LogP contribution in [0, 0.1) is 19.3 Å². The van der Waals surface area contributed by atoms with Crippen LogP contribution in [0.3, 0.4) is 0 Å². The van der Waals surface area contributed by atoms with Gasteiger partial charge in [0.25, 0.3) is 0 Å². The topological polar surface area (TPSA) is 60.9 Å². The number of carbonyl (C=O) groups is 2. The van der Waals surface area contributed by atoms with Crippen molar-refractivity contribution >= 4 is 22.5 Å². The first-order chi connectivity index (χ1) is 18.1.